The van der Waals surface area contributed by atoms with Crippen LogP contribution >= 0.6 is 0 Å². The highest BCUT2D eigenvalue weighted by molar-refractivity contribution is 6.05. The minimum atomic E-state index is -0.264. The molecule has 0 radical (unpaired) electrons. The van der Waals surface area contributed by atoms with Gasteiger partial charge in [-0.1, -0.05) is 17.3 Å². The number of pyridine rings is 1. The van der Waals surface area contributed by atoms with Crippen molar-refractivity contribution < 1.29 is 9.32 Å². The fourth-order valence-electron chi connectivity index (χ4n) is 2.38. The molecule has 1 amide bonds. The van der Waals surface area contributed by atoms with Crippen molar-refractivity contribution in [2.24, 2.45) is 7.05 Å². The Bertz CT molecular complexity index is 1020. The van der Waals surface area contributed by atoms with E-state index in [2.05, 4.69) is 25.4 Å². The van der Waals surface area contributed by atoms with Gasteiger partial charge in [0.25, 0.3) is 5.91 Å². The van der Waals surface area contributed by atoms with Crippen molar-refractivity contribution in [1.82, 2.24) is 24.7 Å². The fraction of sp³-hybridized carbons (Fsp3) is 0.0625. The van der Waals surface area contributed by atoms with Crippen LogP contribution in [-0.4, -0.2) is 30.6 Å². The highest BCUT2D eigenvalue weighted by Gasteiger charge is 2.11. The summed E-state index contributed by atoms with van der Waals surface area (Å²) < 4.78 is 6.53. The average Bonchev–Trinajstić information content (AvgIpc) is 3.25. The van der Waals surface area contributed by atoms with Gasteiger partial charge in [-0.05, 0) is 18.2 Å². The number of imidazole rings is 1. The number of aryl methyl sites for hydroxylation is 1. The first-order valence-electron chi connectivity index (χ1n) is 7.16. The third kappa shape index (κ3) is 2.50. The van der Waals surface area contributed by atoms with Gasteiger partial charge in [-0.3, -0.25) is 4.79 Å². The number of hydrogen-bond acceptors (Lipinski definition) is 6. The largest absolute Gasteiger partial charge is 0.342 e. The molecule has 0 fully saturated rings. The van der Waals surface area contributed by atoms with E-state index in [0.717, 1.165) is 11.2 Å². The van der Waals surface area contributed by atoms with Gasteiger partial charge in [-0.2, -0.15) is 4.98 Å². The molecule has 0 atom stereocenters. The maximum Gasteiger partial charge on any atom is 0.257 e. The van der Waals surface area contributed by atoms with Crippen molar-refractivity contribution >= 4 is 22.8 Å². The number of hydrogen-bond donors (Lipinski definition) is 1. The number of rotatable bonds is 3. The van der Waals surface area contributed by atoms with Gasteiger partial charge in [0.1, 0.15) is 5.52 Å². The minimum absolute atomic E-state index is 0.264. The zero-order chi connectivity index (χ0) is 16.5. The number of fused-ring (bicyclic) bond motifs is 1. The molecule has 0 unspecified atom stereocenters. The third-order valence-corrected chi connectivity index (χ3v) is 3.55. The smallest absolute Gasteiger partial charge is 0.257 e. The second-order valence-electron chi connectivity index (χ2n) is 5.21. The van der Waals surface area contributed by atoms with Crippen LogP contribution in [0.15, 0.2) is 53.8 Å². The topological polar surface area (TPSA) is 98.7 Å². The van der Waals surface area contributed by atoms with Crippen molar-refractivity contribution in [3.05, 3.63) is 54.8 Å². The molecule has 1 N–H and O–H groups in total. The van der Waals surface area contributed by atoms with Gasteiger partial charge in [0.15, 0.2) is 5.65 Å². The molecule has 3 aromatic heterocycles. The quantitative estimate of drug-likeness (QED) is 0.621. The monoisotopic (exact) mass is 320 g/mol. The predicted molar refractivity (Wildman–Crippen MR) is 86.2 cm³/mol. The number of carbonyl (C=O) groups excluding carboxylic acids is 1. The molecule has 4 aromatic rings. The zero-order valence-corrected chi connectivity index (χ0v) is 12.7. The van der Waals surface area contributed by atoms with Crippen molar-refractivity contribution in [3.8, 4) is 11.4 Å². The first-order valence-corrected chi connectivity index (χ1v) is 7.16. The standard InChI is InChI=1S/C16H12N6O2/c1-22-8-18-13-6-11(7-17-15(13)22)16(23)20-12-4-2-3-10(5-12)14-19-9-24-21-14/h2-9H,1H3,(H,20,23). The molecular weight excluding hydrogens is 308 g/mol. The van der Waals surface area contributed by atoms with Gasteiger partial charge < -0.3 is 14.4 Å². The SMILES string of the molecule is Cn1cnc2cc(C(=O)Nc3cccc(-c4ncon4)c3)cnc21. The number of nitrogens with zero attached hydrogens (tertiary/aromatic N) is 5. The lowest BCUT2D eigenvalue weighted by Gasteiger charge is -2.06. The van der Waals surface area contributed by atoms with Crippen molar-refractivity contribution in [1.29, 1.82) is 0 Å². The molecule has 3 heterocycles. The van der Waals surface area contributed by atoms with Crippen LogP contribution in [0.25, 0.3) is 22.6 Å². The lowest BCUT2D eigenvalue weighted by atomic mass is 10.2. The Morgan fingerprint density at radius 1 is 1.21 bits per heavy atom. The summed E-state index contributed by atoms with van der Waals surface area (Å²) in [5.41, 5.74) is 3.21. The van der Waals surface area contributed by atoms with Crippen LogP contribution < -0.4 is 5.32 Å². The number of anilines is 1. The van der Waals surface area contributed by atoms with E-state index in [4.69, 9.17) is 4.52 Å². The van der Waals surface area contributed by atoms with Crippen LogP contribution in [0.2, 0.25) is 0 Å². The summed E-state index contributed by atoms with van der Waals surface area (Å²) in [5.74, 6) is 0.197. The molecule has 8 heteroatoms. The molecule has 0 spiro atoms. The Morgan fingerprint density at radius 2 is 2.12 bits per heavy atom. The zero-order valence-electron chi connectivity index (χ0n) is 12.7. The van der Waals surface area contributed by atoms with Crippen LogP contribution in [0.1, 0.15) is 10.4 Å². The number of nitrogens with one attached hydrogen (secondary N) is 1. The normalized spacial score (nSPS) is 10.9. The first-order chi connectivity index (χ1) is 11.7. The molecular formula is C16H12N6O2. The lowest BCUT2D eigenvalue weighted by molar-refractivity contribution is 0.102. The predicted octanol–water partition coefficient (Wildman–Crippen LogP) is 2.27. The van der Waals surface area contributed by atoms with Gasteiger partial charge >= 0.3 is 0 Å². The summed E-state index contributed by atoms with van der Waals surface area (Å²) in [7, 11) is 1.85. The molecule has 118 valence electrons. The Balaban J connectivity index is 1.60. The molecule has 1 aromatic carbocycles. The van der Waals surface area contributed by atoms with Crippen LogP contribution in [-0.2, 0) is 7.05 Å². The van der Waals surface area contributed by atoms with Gasteiger partial charge in [0.2, 0.25) is 12.2 Å². The highest BCUT2D eigenvalue weighted by atomic mass is 16.5. The summed E-state index contributed by atoms with van der Waals surface area (Å²) in [5, 5.41) is 6.61. The Hall–Kier alpha value is -3.55. The summed E-state index contributed by atoms with van der Waals surface area (Å²) in [6, 6.07) is 8.91. The fourth-order valence-corrected chi connectivity index (χ4v) is 2.38. The Kier molecular flexibility index (Phi) is 3.27. The van der Waals surface area contributed by atoms with Crippen molar-refractivity contribution in [2.75, 3.05) is 5.32 Å². The lowest BCUT2D eigenvalue weighted by Crippen LogP contribution is -2.12. The Morgan fingerprint density at radius 3 is 2.96 bits per heavy atom. The first kappa shape index (κ1) is 14.1. The molecule has 0 bridgehead atoms. The number of benzene rings is 1. The van der Waals surface area contributed by atoms with Crippen LogP contribution in [0.4, 0.5) is 5.69 Å². The third-order valence-electron chi connectivity index (χ3n) is 3.55. The molecule has 0 aliphatic rings. The maximum atomic E-state index is 12.4. The summed E-state index contributed by atoms with van der Waals surface area (Å²) in [6.07, 6.45) is 4.45. The Labute approximate surface area is 136 Å². The van der Waals surface area contributed by atoms with E-state index in [-0.39, 0.29) is 5.91 Å². The van der Waals surface area contributed by atoms with E-state index in [1.54, 1.807) is 29.1 Å². The minimum Gasteiger partial charge on any atom is -0.342 e. The molecule has 8 nitrogen and oxygen atoms in total. The molecule has 0 aliphatic heterocycles. The van der Waals surface area contributed by atoms with E-state index in [9.17, 15) is 4.79 Å². The number of aromatic nitrogens is 5. The van der Waals surface area contributed by atoms with Gasteiger partial charge in [0, 0.05) is 24.5 Å². The van der Waals surface area contributed by atoms with Gasteiger partial charge in [-0.15, -0.1) is 0 Å². The van der Waals surface area contributed by atoms with Crippen LogP contribution in [0.3, 0.4) is 0 Å². The molecule has 4 rings (SSSR count). The van der Waals surface area contributed by atoms with Crippen molar-refractivity contribution in [2.45, 2.75) is 0 Å². The number of carbonyl (C=O) groups is 1. The summed E-state index contributed by atoms with van der Waals surface area (Å²) in [4.78, 5) is 24.9. The summed E-state index contributed by atoms with van der Waals surface area (Å²) >= 11 is 0. The van der Waals surface area contributed by atoms with E-state index in [1.807, 2.05) is 19.2 Å². The molecule has 0 saturated heterocycles. The van der Waals surface area contributed by atoms with Gasteiger partial charge in [-0.25, -0.2) is 9.97 Å². The molecule has 0 saturated carbocycles. The second kappa shape index (κ2) is 5.58. The molecule has 0 aliphatic carbocycles. The number of amides is 1. The highest BCUT2D eigenvalue weighted by Crippen LogP contribution is 2.20. The van der Waals surface area contributed by atoms with E-state index < -0.39 is 0 Å². The van der Waals surface area contributed by atoms with Crippen LogP contribution in [0.5, 0.6) is 0 Å². The van der Waals surface area contributed by atoms with E-state index >= 15 is 0 Å². The average molecular weight is 320 g/mol. The van der Waals surface area contributed by atoms with Crippen LogP contribution in [0, 0.1) is 0 Å². The maximum absolute atomic E-state index is 12.4. The van der Waals surface area contributed by atoms with Crippen molar-refractivity contribution in [3.63, 3.8) is 0 Å². The second-order valence-corrected chi connectivity index (χ2v) is 5.21. The van der Waals surface area contributed by atoms with E-state index in [0.29, 0.717) is 22.6 Å². The summed E-state index contributed by atoms with van der Waals surface area (Å²) in [6.45, 7) is 0. The van der Waals surface area contributed by atoms with Gasteiger partial charge in [0.05, 0.1) is 11.9 Å². The molecule has 24 heavy (non-hydrogen) atoms. The van der Waals surface area contributed by atoms with E-state index in [1.165, 1.54) is 12.6 Å².